The van der Waals surface area contributed by atoms with E-state index in [0.29, 0.717) is 6.42 Å². The highest BCUT2D eigenvalue weighted by Crippen LogP contribution is 2.20. The first-order valence-electron chi connectivity index (χ1n) is 7.04. The van der Waals surface area contributed by atoms with Crippen molar-refractivity contribution in [3.05, 3.63) is 35.4 Å². The molecular formula is C16H26O3S. The first-order valence-corrected chi connectivity index (χ1v) is 8.69. The largest absolute Gasteiger partial charge is 0.396 e. The van der Waals surface area contributed by atoms with Crippen molar-refractivity contribution >= 4 is 9.84 Å². The molecule has 4 heteroatoms. The number of aliphatic hydroxyl groups is 1. The second-order valence-corrected chi connectivity index (χ2v) is 9.32. The number of aryl methyl sites for hydroxylation is 1. The van der Waals surface area contributed by atoms with E-state index in [4.69, 9.17) is 0 Å². The molecule has 1 rings (SSSR count). The minimum Gasteiger partial charge on any atom is -0.396 e. The van der Waals surface area contributed by atoms with Crippen LogP contribution in [0.5, 0.6) is 0 Å². The Bertz CT molecular complexity index is 527. The Balaban J connectivity index is 2.65. The smallest absolute Gasteiger partial charge is 0.155 e. The third-order valence-corrected chi connectivity index (χ3v) is 6.23. The Labute approximate surface area is 123 Å². The third kappa shape index (κ3) is 4.91. The first kappa shape index (κ1) is 17.2. The molecule has 1 aromatic rings. The fourth-order valence-corrected chi connectivity index (χ4v) is 3.31. The average molecular weight is 298 g/mol. The van der Waals surface area contributed by atoms with Gasteiger partial charge in [-0.1, -0.05) is 29.8 Å². The summed E-state index contributed by atoms with van der Waals surface area (Å²) in [7, 11) is -3.11. The predicted molar refractivity (Wildman–Crippen MR) is 83.6 cm³/mol. The molecule has 0 aliphatic rings. The quantitative estimate of drug-likeness (QED) is 0.878. The number of hydrogen-bond donors (Lipinski definition) is 1. The predicted octanol–water partition coefficient (Wildman–Crippen LogP) is 2.75. The maximum atomic E-state index is 12.1. The molecular weight excluding hydrogens is 272 g/mol. The lowest BCUT2D eigenvalue weighted by molar-refractivity contribution is 0.222. The summed E-state index contributed by atoms with van der Waals surface area (Å²) in [6.45, 7) is 7.21. The molecule has 0 saturated carbocycles. The van der Waals surface area contributed by atoms with E-state index >= 15 is 0 Å². The number of hydrogen-bond acceptors (Lipinski definition) is 3. The Hall–Kier alpha value is -0.870. The number of aliphatic hydroxyl groups excluding tert-OH is 1. The van der Waals surface area contributed by atoms with Crippen molar-refractivity contribution < 1.29 is 13.5 Å². The van der Waals surface area contributed by atoms with Gasteiger partial charge in [0.25, 0.3) is 0 Å². The van der Waals surface area contributed by atoms with E-state index in [2.05, 4.69) is 6.07 Å². The molecule has 0 fully saturated rings. The zero-order chi connectivity index (χ0) is 15.4. The van der Waals surface area contributed by atoms with Crippen molar-refractivity contribution in [2.24, 2.45) is 5.92 Å². The molecule has 0 spiro atoms. The minimum atomic E-state index is -3.11. The van der Waals surface area contributed by atoms with E-state index < -0.39 is 14.6 Å². The molecule has 20 heavy (non-hydrogen) atoms. The molecule has 0 aromatic heterocycles. The maximum absolute atomic E-state index is 12.1. The molecule has 0 heterocycles. The molecule has 1 N–H and O–H groups in total. The lowest BCUT2D eigenvalue weighted by Gasteiger charge is -2.21. The van der Waals surface area contributed by atoms with E-state index in [0.717, 1.165) is 12.0 Å². The summed E-state index contributed by atoms with van der Waals surface area (Å²) in [6, 6.07) is 8.13. The zero-order valence-electron chi connectivity index (χ0n) is 12.9. The molecule has 1 atom stereocenters. The van der Waals surface area contributed by atoms with Gasteiger partial charge < -0.3 is 5.11 Å². The van der Waals surface area contributed by atoms with Crippen molar-refractivity contribution in [3.63, 3.8) is 0 Å². The van der Waals surface area contributed by atoms with Crippen LogP contribution in [0, 0.1) is 12.8 Å². The Morgan fingerprint density at radius 1 is 1.25 bits per heavy atom. The van der Waals surface area contributed by atoms with Gasteiger partial charge in [0.15, 0.2) is 9.84 Å². The van der Waals surface area contributed by atoms with Crippen LogP contribution in [-0.4, -0.2) is 30.6 Å². The van der Waals surface area contributed by atoms with Crippen LogP contribution < -0.4 is 0 Å². The summed E-state index contributed by atoms with van der Waals surface area (Å²) >= 11 is 0. The summed E-state index contributed by atoms with van der Waals surface area (Å²) in [5.74, 6) is 0.127. The van der Waals surface area contributed by atoms with E-state index in [1.807, 2.05) is 25.1 Å². The van der Waals surface area contributed by atoms with Crippen LogP contribution in [0.25, 0.3) is 0 Å². The summed E-state index contributed by atoms with van der Waals surface area (Å²) in [6.07, 6.45) is 1.22. The number of rotatable bonds is 6. The van der Waals surface area contributed by atoms with Gasteiger partial charge in [-0.3, -0.25) is 0 Å². The van der Waals surface area contributed by atoms with Crippen LogP contribution >= 0.6 is 0 Å². The monoisotopic (exact) mass is 298 g/mol. The van der Waals surface area contributed by atoms with Crippen molar-refractivity contribution in [2.75, 3.05) is 12.4 Å². The van der Waals surface area contributed by atoms with Gasteiger partial charge in [0.1, 0.15) is 0 Å². The molecule has 114 valence electrons. The molecule has 1 unspecified atom stereocenters. The fourth-order valence-electron chi connectivity index (χ4n) is 2.06. The SMILES string of the molecule is Cc1cccc(CC(CO)CCS(=O)(=O)C(C)(C)C)c1. The van der Waals surface area contributed by atoms with Gasteiger partial charge in [-0.05, 0) is 52.0 Å². The normalized spacial score (nSPS) is 14.2. The zero-order valence-corrected chi connectivity index (χ0v) is 13.7. The highest BCUT2D eigenvalue weighted by molar-refractivity contribution is 7.92. The van der Waals surface area contributed by atoms with Crippen molar-refractivity contribution in [2.45, 2.75) is 45.3 Å². The van der Waals surface area contributed by atoms with Gasteiger partial charge in [-0.15, -0.1) is 0 Å². The van der Waals surface area contributed by atoms with Gasteiger partial charge >= 0.3 is 0 Å². The van der Waals surface area contributed by atoms with Gasteiger partial charge in [0.05, 0.1) is 10.5 Å². The van der Waals surface area contributed by atoms with Crippen molar-refractivity contribution in [3.8, 4) is 0 Å². The van der Waals surface area contributed by atoms with Gasteiger partial charge in [0, 0.05) is 6.61 Å². The number of sulfone groups is 1. The minimum absolute atomic E-state index is 0.00563. The van der Waals surface area contributed by atoms with Crippen molar-refractivity contribution in [1.82, 2.24) is 0 Å². The second-order valence-electron chi connectivity index (χ2n) is 6.46. The summed E-state index contributed by atoms with van der Waals surface area (Å²) in [5, 5.41) is 9.46. The average Bonchev–Trinajstić information content (AvgIpc) is 2.33. The molecule has 3 nitrogen and oxygen atoms in total. The highest BCUT2D eigenvalue weighted by atomic mass is 32.2. The topological polar surface area (TPSA) is 54.4 Å². The van der Waals surface area contributed by atoms with Crippen LogP contribution in [0.4, 0.5) is 0 Å². The molecule has 0 radical (unpaired) electrons. The van der Waals surface area contributed by atoms with E-state index in [-0.39, 0.29) is 18.3 Å². The van der Waals surface area contributed by atoms with Crippen LogP contribution in [-0.2, 0) is 16.3 Å². The summed E-state index contributed by atoms with van der Waals surface area (Å²) in [5.41, 5.74) is 2.33. The first-order chi connectivity index (χ1) is 9.15. The summed E-state index contributed by atoms with van der Waals surface area (Å²) in [4.78, 5) is 0. The van der Waals surface area contributed by atoms with E-state index in [9.17, 15) is 13.5 Å². The third-order valence-electron chi connectivity index (χ3n) is 3.59. The lowest BCUT2D eigenvalue weighted by Crippen LogP contribution is -2.31. The van der Waals surface area contributed by atoms with Crippen LogP contribution in [0.1, 0.15) is 38.3 Å². The van der Waals surface area contributed by atoms with Crippen LogP contribution in [0.2, 0.25) is 0 Å². The van der Waals surface area contributed by atoms with Crippen LogP contribution in [0.15, 0.2) is 24.3 Å². The Morgan fingerprint density at radius 2 is 1.90 bits per heavy atom. The van der Waals surface area contributed by atoms with E-state index in [1.165, 1.54) is 5.56 Å². The van der Waals surface area contributed by atoms with E-state index in [1.54, 1.807) is 20.8 Å². The van der Waals surface area contributed by atoms with Crippen LogP contribution in [0.3, 0.4) is 0 Å². The molecule has 1 aromatic carbocycles. The van der Waals surface area contributed by atoms with Crippen molar-refractivity contribution in [1.29, 1.82) is 0 Å². The molecule has 0 amide bonds. The maximum Gasteiger partial charge on any atom is 0.155 e. The highest BCUT2D eigenvalue weighted by Gasteiger charge is 2.29. The second kappa shape index (κ2) is 6.72. The molecule has 0 bridgehead atoms. The Morgan fingerprint density at radius 3 is 2.40 bits per heavy atom. The van der Waals surface area contributed by atoms with Gasteiger partial charge in [0.2, 0.25) is 0 Å². The Kier molecular flexibility index (Phi) is 5.78. The standard InChI is InChI=1S/C16H26O3S/c1-13-6-5-7-14(10-13)11-15(12-17)8-9-20(18,19)16(2,3)4/h5-7,10,15,17H,8-9,11-12H2,1-4H3. The molecule has 0 saturated heterocycles. The molecule has 0 aliphatic carbocycles. The fraction of sp³-hybridized carbons (Fsp3) is 0.625. The van der Waals surface area contributed by atoms with Gasteiger partial charge in [-0.2, -0.15) is 0 Å². The van der Waals surface area contributed by atoms with Gasteiger partial charge in [-0.25, -0.2) is 8.42 Å². The number of benzene rings is 1. The molecule has 0 aliphatic heterocycles. The summed E-state index contributed by atoms with van der Waals surface area (Å²) < 4.78 is 23.5. The lowest BCUT2D eigenvalue weighted by atomic mass is 9.97.